The lowest BCUT2D eigenvalue weighted by molar-refractivity contribution is -0.121. The number of aryl methyl sites for hydroxylation is 1. The molecule has 3 nitrogen and oxygen atoms in total. The van der Waals surface area contributed by atoms with Crippen molar-refractivity contribution in [3.8, 4) is 0 Å². The number of benzene rings is 2. The number of anilines is 1. The topological polar surface area (TPSA) is 32.3 Å². The van der Waals surface area contributed by atoms with Gasteiger partial charge in [-0.2, -0.15) is 0 Å². The van der Waals surface area contributed by atoms with Gasteiger partial charge in [-0.3, -0.25) is 9.69 Å². The number of nitrogens with zero attached hydrogens (tertiary/aromatic N) is 1. The minimum atomic E-state index is -0.386. The van der Waals surface area contributed by atoms with Crippen molar-refractivity contribution in [2.75, 3.05) is 18.4 Å². The number of likely N-dealkylation sites (tertiary alicyclic amines) is 1. The molecule has 0 saturated carbocycles. The van der Waals surface area contributed by atoms with Crippen LogP contribution in [0.1, 0.15) is 24.0 Å². The van der Waals surface area contributed by atoms with Crippen molar-refractivity contribution in [3.05, 3.63) is 65.5 Å². The number of carbonyl (C=O) groups is 1. The number of piperidine rings is 1. The Hall–Kier alpha value is -2.20. The molecule has 126 valence electrons. The number of rotatable bonds is 4. The Balaban J connectivity index is 1.52. The fourth-order valence-corrected chi connectivity index (χ4v) is 3.18. The molecule has 1 fully saturated rings. The zero-order valence-electron chi connectivity index (χ0n) is 14.0. The molecule has 1 saturated heterocycles. The summed E-state index contributed by atoms with van der Waals surface area (Å²) < 4.78 is 13.6. The van der Waals surface area contributed by atoms with Crippen LogP contribution in [0.3, 0.4) is 0 Å². The second-order valence-electron chi connectivity index (χ2n) is 6.45. The lowest BCUT2D eigenvalue weighted by Crippen LogP contribution is -2.38. The summed E-state index contributed by atoms with van der Waals surface area (Å²) in [4.78, 5) is 14.7. The van der Waals surface area contributed by atoms with E-state index in [1.165, 1.54) is 17.2 Å². The molecule has 4 heteroatoms. The Morgan fingerprint density at radius 1 is 1.12 bits per heavy atom. The van der Waals surface area contributed by atoms with Crippen molar-refractivity contribution < 1.29 is 9.18 Å². The van der Waals surface area contributed by atoms with Gasteiger partial charge in [-0.1, -0.05) is 36.4 Å². The van der Waals surface area contributed by atoms with Gasteiger partial charge in [0.15, 0.2) is 0 Å². The van der Waals surface area contributed by atoms with Crippen molar-refractivity contribution in [1.29, 1.82) is 0 Å². The third-order valence-corrected chi connectivity index (χ3v) is 4.75. The lowest BCUT2D eigenvalue weighted by atomic mass is 9.95. The van der Waals surface area contributed by atoms with Gasteiger partial charge in [-0.15, -0.1) is 0 Å². The standard InChI is InChI=1S/C20H23FN2O/c1-15-6-2-3-7-17(15)14-23-12-10-16(11-13-23)20(24)22-19-9-5-4-8-18(19)21/h2-9,16H,10-14H2,1H3,(H,22,24). The Labute approximate surface area is 142 Å². The van der Waals surface area contributed by atoms with Gasteiger partial charge in [0.2, 0.25) is 5.91 Å². The van der Waals surface area contributed by atoms with Crippen LogP contribution in [-0.4, -0.2) is 23.9 Å². The summed E-state index contributed by atoms with van der Waals surface area (Å²) in [5.74, 6) is -0.504. The number of nitrogens with one attached hydrogen (secondary N) is 1. The van der Waals surface area contributed by atoms with E-state index in [2.05, 4.69) is 41.4 Å². The lowest BCUT2D eigenvalue weighted by Gasteiger charge is -2.31. The fourth-order valence-electron chi connectivity index (χ4n) is 3.18. The molecule has 1 heterocycles. The molecule has 2 aromatic rings. The smallest absolute Gasteiger partial charge is 0.227 e. The molecule has 1 N–H and O–H groups in total. The van der Waals surface area contributed by atoms with Crippen LogP contribution >= 0.6 is 0 Å². The number of hydrogen-bond acceptors (Lipinski definition) is 2. The molecule has 1 aliphatic rings. The maximum absolute atomic E-state index is 13.6. The monoisotopic (exact) mass is 326 g/mol. The van der Waals surface area contributed by atoms with Gasteiger partial charge in [-0.25, -0.2) is 4.39 Å². The van der Waals surface area contributed by atoms with Gasteiger partial charge in [0.25, 0.3) is 0 Å². The average molecular weight is 326 g/mol. The molecule has 0 bridgehead atoms. The largest absolute Gasteiger partial charge is 0.323 e. The highest BCUT2D eigenvalue weighted by molar-refractivity contribution is 5.92. The van der Waals surface area contributed by atoms with Gasteiger partial charge in [-0.05, 0) is 56.1 Å². The van der Waals surface area contributed by atoms with Gasteiger partial charge in [0.1, 0.15) is 5.82 Å². The molecule has 0 aliphatic carbocycles. The van der Waals surface area contributed by atoms with Crippen LogP contribution in [0.25, 0.3) is 0 Å². The van der Waals surface area contributed by atoms with E-state index in [9.17, 15) is 9.18 Å². The molecule has 3 rings (SSSR count). The summed E-state index contributed by atoms with van der Waals surface area (Å²) in [6.07, 6.45) is 1.62. The van der Waals surface area contributed by atoms with Crippen LogP contribution in [-0.2, 0) is 11.3 Å². The molecule has 24 heavy (non-hydrogen) atoms. The van der Waals surface area contributed by atoms with Crippen molar-refractivity contribution in [1.82, 2.24) is 4.90 Å². The highest BCUT2D eigenvalue weighted by Gasteiger charge is 2.25. The van der Waals surface area contributed by atoms with Crippen LogP contribution in [0, 0.1) is 18.7 Å². The van der Waals surface area contributed by atoms with Crippen molar-refractivity contribution in [3.63, 3.8) is 0 Å². The van der Waals surface area contributed by atoms with E-state index in [-0.39, 0.29) is 23.3 Å². The summed E-state index contributed by atoms with van der Waals surface area (Å²) in [6, 6.07) is 14.7. The molecule has 2 aromatic carbocycles. The Morgan fingerprint density at radius 2 is 1.79 bits per heavy atom. The molecule has 0 unspecified atom stereocenters. The molecule has 0 spiro atoms. The van der Waals surface area contributed by atoms with E-state index in [1.807, 2.05) is 0 Å². The van der Waals surface area contributed by atoms with E-state index in [0.29, 0.717) is 0 Å². The third-order valence-electron chi connectivity index (χ3n) is 4.75. The fraction of sp³-hybridized carbons (Fsp3) is 0.350. The van der Waals surface area contributed by atoms with Gasteiger partial charge >= 0.3 is 0 Å². The van der Waals surface area contributed by atoms with Crippen LogP contribution < -0.4 is 5.32 Å². The molecule has 0 atom stereocenters. The zero-order chi connectivity index (χ0) is 16.9. The number of carbonyl (C=O) groups excluding carboxylic acids is 1. The SMILES string of the molecule is Cc1ccccc1CN1CCC(C(=O)Nc2ccccc2F)CC1. The first-order valence-corrected chi connectivity index (χ1v) is 8.46. The summed E-state index contributed by atoms with van der Waals surface area (Å²) in [7, 11) is 0. The number of hydrogen-bond donors (Lipinski definition) is 1. The molecule has 1 amide bonds. The van der Waals surface area contributed by atoms with E-state index in [0.717, 1.165) is 32.5 Å². The molecule has 0 radical (unpaired) electrons. The Bertz CT molecular complexity index is 708. The number of para-hydroxylation sites is 1. The molecule has 1 aliphatic heterocycles. The van der Waals surface area contributed by atoms with Gasteiger partial charge in [0, 0.05) is 12.5 Å². The van der Waals surface area contributed by atoms with Crippen molar-refractivity contribution in [2.24, 2.45) is 5.92 Å². The highest BCUT2D eigenvalue weighted by Crippen LogP contribution is 2.22. The number of amides is 1. The van der Waals surface area contributed by atoms with E-state index in [1.54, 1.807) is 18.2 Å². The van der Waals surface area contributed by atoms with Crippen LogP contribution in [0.2, 0.25) is 0 Å². The molecule has 0 aromatic heterocycles. The average Bonchev–Trinajstić information content (AvgIpc) is 2.59. The first-order valence-electron chi connectivity index (χ1n) is 8.46. The van der Waals surface area contributed by atoms with Crippen LogP contribution in [0.15, 0.2) is 48.5 Å². The third kappa shape index (κ3) is 4.01. The second kappa shape index (κ2) is 7.58. The normalized spacial score (nSPS) is 16.1. The summed E-state index contributed by atoms with van der Waals surface area (Å²) >= 11 is 0. The Morgan fingerprint density at radius 3 is 2.50 bits per heavy atom. The van der Waals surface area contributed by atoms with Crippen molar-refractivity contribution >= 4 is 11.6 Å². The van der Waals surface area contributed by atoms with Gasteiger partial charge < -0.3 is 5.32 Å². The zero-order valence-corrected chi connectivity index (χ0v) is 14.0. The van der Waals surface area contributed by atoms with E-state index >= 15 is 0 Å². The first kappa shape index (κ1) is 16.7. The highest BCUT2D eigenvalue weighted by atomic mass is 19.1. The summed E-state index contributed by atoms with van der Waals surface area (Å²) in [5, 5.41) is 2.72. The first-order chi connectivity index (χ1) is 11.6. The summed E-state index contributed by atoms with van der Waals surface area (Å²) in [5.41, 5.74) is 2.91. The van der Waals surface area contributed by atoms with Crippen LogP contribution in [0.5, 0.6) is 0 Å². The number of halogens is 1. The van der Waals surface area contributed by atoms with Crippen LogP contribution in [0.4, 0.5) is 10.1 Å². The van der Waals surface area contributed by atoms with Gasteiger partial charge in [0.05, 0.1) is 5.69 Å². The minimum absolute atomic E-state index is 0.0438. The van der Waals surface area contributed by atoms with E-state index in [4.69, 9.17) is 0 Å². The minimum Gasteiger partial charge on any atom is -0.323 e. The quantitative estimate of drug-likeness (QED) is 0.921. The van der Waals surface area contributed by atoms with E-state index < -0.39 is 0 Å². The molecular formula is C20H23FN2O. The molecular weight excluding hydrogens is 303 g/mol. The predicted octanol–water partition coefficient (Wildman–Crippen LogP) is 3.98. The predicted molar refractivity (Wildman–Crippen MR) is 94.2 cm³/mol. The maximum atomic E-state index is 13.6. The summed E-state index contributed by atoms with van der Waals surface area (Å²) in [6.45, 7) is 4.84. The second-order valence-corrected chi connectivity index (χ2v) is 6.45. The van der Waals surface area contributed by atoms with Crippen molar-refractivity contribution in [2.45, 2.75) is 26.3 Å². The maximum Gasteiger partial charge on any atom is 0.227 e. The Kier molecular flexibility index (Phi) is 5.26.